The lowest BCUT2D eigenvalue weighted by Gasteiger charge is -2.40. The molecule has 0 amide bonds. The van der Waals surface area contributed by atoms with Crippen molar-refractivity contribution in [3.63, 3.8) is 0 Å². The first kappa shape index (κ1) is 50.5. The number of aliphatic carboxylic acids is 2. The third kappa shape index (κ3) is 19.3. The molecule has 0 saturated carbocycles. The summed E-state index contributed by atoms with van der Waals surface area (Å²) in [4.78, 5) is 24.0. The van der Waals surface area contributed by atoms with Crippen molar-refractivity contribution >= 4 is 22.0 Å². The van der Waals surface area contributed by atoms with E-state index in [0.717, 1.165) is 72.3 Å². The molecule has 0 aliphatic rings. The summed E-state index contributed by atoms with van der Waals surface area (Å²) in [6, 6.07) is 8.75. The molecule has 7 heteroatoms. The molecule has 6 nitrogen and oxygen atoms in total. The van der Waals surface area contributed by atoms with Crippen LogP contribution in [-0.4, -0.2) is 55.4 Å². The average Bonchev–Trinajstić information content (AvgIpc) is 3.13. The maximum atomic E-state index is 12.0. The summed E-state index contributed by atoms with van der Waals surface area (Å²) in [5.41, 5.74) is 5.94. The Kier molecular flexibility index (Phi) is 22.8. The van der Waals surface area contributed by atoms with Crippen molar-refractivity contribution in [2.75, 3.05) is 23.0 Å². The molecule has 0 fully saturated rings. The van der Waals surface area contributed by atoms with Crippen molar-refractivity contribution in [3.05, 3.63) is 57.6 Å². The second kappa shape index (κ2) is 25.7. The van der Waals surface area contributed by atoms with Gasteiger partial charge in [-0.3, -0.25) is 9.59 Å². The summed E-state index contributed by atoms with van der Waals surface area (Å²) >= 11 is 0. The van der Waals surface area contributed by atoms with Crippen molar-refractivity contribution in [1.29, 1.82) is 0 Å². The normalized spacial score (nSPS) is 12.6. The molecular weight excluding hydrogens is 729 g/mol. The first-order valence-corrected chi connectivity index (χ1v) is 25.1. The van der Waals surface area contributed by atoms with Gasteiger partial charge in [0.1, 0.15) is 11.5 Å². The zero-order valence-corrected chi connectivity index (χ0v) is 38.5. The van der Waals surface area contributed by atoms with Gasteiger partial charge >= 0.3 is 11.9 Å². The third-order valence-electron chi connectivity index (χ3n) is 11.8. The molecule has 2 aromatic carbocycles. The van der Waals surface area contributed by atoms with E-state index in [2.05, 4.69) is 79.7 Å². The van der Waals surface area contributed by atoms with Crippen LogP contribution in [0.3, 0.4) is 0 Å². The number of carboxylic acids is 2. The van der Waals surface area contributed by atoms with Crippen LogP contribution in [0.15, 0.2) is 24.3 Å². The summed E-state index contributed by atoms with van der Waals surface area (Å²) in [6.07, 6.45) is 22.4. The highest BCUT2D eigenvalue weighted by molar-refractivity contribution is 8.33. The highest BCUT2D eigenvalue weighted by Crippen LogP contribution is 2.51. The Hall–Kier alpha value is -2.67. The van der Waals surface area contributed by atoms with E-state index < -0.39 is 22.0 Å². The van der Waals surface area contributed by atoms with Crippen LogP contribution in [-0.2, 0) is 46.1 Å². The molecule has 0 unspecified atom stereocenters. The molecule has 0 saturated heterocycles. The minimum atomic E-state index is -1.63. The Labute approximate surface area is 350 Å². The van der Waals surface area contributed by atoms with Gasteiger partial charge in [-0.2, -0.15) is 0 Å². The van der Waals surface area contributed by atoms with E-state index in [1.165, 1.54) is 88.2 Å². The Morgan fingerprint density at radius 1 is 0.474 bits per heavy atom. The Bertz CT molecular complexity index is 1370. The van der Waals surface area contributed by atoms with E-state index in [1.54, 1.807) is 0 Å². The number of hydrogen-bond donors (Lipinski definition) is 4. The fourth-order valence-electron chi connectivity index (χ4n) is 8.26. The summed E-state index contributed by atoms with van der Waals surface area (Å²) in [6.45, 7) is 17.3. The number of carbonyl (C=O) groups is 2. The smallest absolute Gasteiger partial charge is 0.304 e. The fourth-order valence-corrected chi connectivity index (χ4v) is 12.2. The highest BCUT2D eigenvalue weighted by Gasteiger charge is 2.28. The molecule has 0 heterocycles. The van der Waals surface area contributed by atoms with E-state index in [1.807, 2.05) is 0 Å². The molecule has 4 N–H and O–H groups in total. The minimum absolute atomic E-state index is 0.0235. The predicted octanol–water partition coefficient (Wildman–Crippen LogP) is 13.6. The molecule has 0 aliphatic carbocycles. The minimum Gasteiger partial charge on any atom is -0.507 e. The number of aromatic hydroxyl groups is 2. The SMILES string of the molecule is CCCCCCCCCc1cc(CCCS(CCCc2cc(CCCCCCCCC)cc(C(C)(C)C)c2O)(CCC(=O)O)CCC(=O)O)c(O)c(C(C)(C)C)c1. The van der Waals surface area contributed by atoms with E-state index >= 15 is 0 Å². The van der Waals surface area contributed by atoms with E-state index in [4.69, 9.17) is 0 Å². The first-order valence-electron chi connectivity index (χ1n) is 22.8. The lowest BCUT2D eigenvalue weighted by Crippen LogP contribution is -2.22. The molecule has 0 aromatic heterocycles. The summed E-state index contributed by atoms with van der Waals surface area (Å²) in [7, 11) is -1.63. The van der Waals surface area contributed by atoms with E-state index in [0.29, 0.717) is 35.8 Å². The molecule has 0 atom stereocenters. The third-order valence-corrected chi connectivity index (χ3v) is 16.2. The van der Waals surface area contributed by atoms with Crippen LogP contribution < -0.4 is 0 Å². The van der Waals surface area contributed by atoms with Crippen molar-refractivity contribution < 1.29 is 30.0 Å². The number of benzene rings is 2. The summed E-state index contributed by atoms with van der Waals surface area (Å²) in [5, 5.41) is 42.8. The van der Waals surface area contributed by atoms with Gasteiger partial charge in [0, 0.05) is 0 Å². The average molecular weight is 813 g/mol. The molecule has 0 bridgehead atoms. The number of unbranched alkanes of at least 4 members (excludes halogenated alkanes) is 12. The zero-order valence-electron chi connectivity index (χ0n) is 37.7. The second-order valence-corrected chi connectivity index (χ2v) is 23.2. The largest absolute Gasteiger partial charge is 0.507 e. The van der Waals surface area contributed by atoms with Crippen LogP contribution in [0.1, 0.15) is 204 Å². The van der Waals surface area contributed by atoms with Gasteiger partial charge in [0.2, 0.25) is 0 Å². The van der Waals surface area contributed by atoms with Gasteiger partial charge in [0.25, 0.3) is 0 Å². The number of carboxylic acid groups (broad SMARTS) is 2. The molecule has 0 radical (unpaired) electrons. The summed E-state index contributed by atoms with van der Waals surface area (Å²) in [5.74, 6) is 1.54. The first-order chi connectivity index (χ1) is 26.9. The number of aryl methyl sites for hydroxylation is 4. The van der Waals surface area contributed by atoms with Crippen LogP contribution in [0.25, 0.3) is 0 Å². The monoisotopic (exact) mass is 813 g/mol. The number of rotatable bonds is 30. The molecule has 57 heavy (non-hydrogen) atoms. The molecule has 0 spiro atoms. The number of phenols is 2. The maximum absolute atomic E-state index is 12.0. The van der Waals surface area contributed by atoms with E-state index in [-0.39, 0.29) is 23.7 Å². The quantitative estimate of drug-likeness (QED) is 0.0584. The molecule has 2 rings (SSSR count). The Morgan fingerprint density at radius 3 is 1.12 bits per heavy atom. The molecule has 0 aliphatic heterocycles. The lowest BCUT2D eigenvalue weighted by atomic mass is 9.83. The van der Waals surface area contributed by atoms with Gasteiger partial charge < -0.3 is 20.4 Å². The summed E-state index contributed by atoms with van der Waals surface area (Å²) < 4.78 is 0. The van der Waals surface area contributed by atoms with Crippen molar-refractivity contribution in [2.45, 2.75) is 207 Å². The van der Waals surface area contributed by atoms with Gasteiger partial charge in [0.05, 0.1) is 12.8 Å². The fraction of sp³-hybridized carbons (Fsp3) is 0.720. The molecular formula is C50H84O6S. The molecule has 2 aromatic rings. The maximum Gasteiger partial charge on any atom is 0.304 e. The number of hydrogen-bond acceptors (Lipinski definition) is 4. The van der Waals surface area contributed by atoms with Gasteiger partial charge in [-0.05, 0) is 119 Å². The van der Waals surface area contributed by atoms with E-state index in [9.17, 15) is 30.0 Å². The van der Waals surface area contributed by atoms with Crippen LogP contribution in [0.4, 0.5) is 0 Å². The molecule has 326 valence electrons. The Balaban J connectivity index is 2.30. The highest BCUT2D eigenvalue weighted by atomic mass is 32.3. The zero-order chi connectivity index (χ0) is 42.5. The van der Waals surface area contributed by atoms with Crippen LogP contribution in [0, 0.1) is 0 Å². The van der Waals surface area contributed by atoms with Crippen LogP contribution in [0.2, 0.25) is 0 Å². The van der Waals surface area contributed by atoms with Crippen LogP contribution in [0.5, 0.6) is 11.5 Å². The van der Waals surface area contributed by atoms with Crippen molar-refractivity contribution in [1.82, 2.24) is 0 Å². The van der Waals surface area contributed by atoms with Crippen LogP contribution >= 0.6 is 10.0 Å². The van der Waals surface area contributed by atoms with Gasteiger partial charge in [-0.25, -0.2) is 10.0 Å². The van der Waals surface area contributed by atoms with Gasteiger partial charge in [-0.15, -0.1) is 0 Å². The van der Waals surface area contributed by atoms with Crippen molar-refractivity contribution in [2.24, 2.45) is 0 Å². The lowest BCUT2D eigenvalue weighted by molar-refractivity contribution is -0.137. The van der Waals surface area contributed by atoms with Gasteiger partial charge in [0.15, 0.2) is 0 Å². The number of phenolic OH excluding ortho intramolecular Hbond substituents is 2. The van der Waals surface area contributed by atoms with Crippen molar-refractivity contribution in [3.8, 4) is 11.5 Å². The Morgan fingerprint density at radius 2 is 0.807 bits per heavy atom. The topological polar surface area (TPSA) is 115 Å². The second-order valence-electron chi connectivity index (χ2n) is 19.1. The standard InChI is InChI=1S/C50H84O6S/c1-9-11-13-15-17-19-21-25-39-35-41(47(55)43(37-39)49(3,4)5)27-23-31-57(33-29-45(51)52,34-30-46(53)54)32-24-28-42-36-40(26-22-20-18-16-14-12-10-2)38-44(48(42)56)50(6,7)8/h35-38,55-56H,9-34H2,1-8H3,(H,51,52)(H,53,54). The van der Waals surface area contributed by atoms with Gasteiger partial charge in [-0.1, -0.05) is 157 Å². The predicted molar refractivity (Wildman–Crippen MR) is 245 cm³/mol.